The fraction of sp³-hybridized carbons (Fsp3) is 0.500. The number of hydrogen-bond donors (Lipinski definition) is 0. The molecule has 0 aliphatic carbocycles. The summed E-state index contributed by atoms with van der Waals surface area (Å²) in [6.45, 7) is 2.43. The van der Waals surface area contributed by atoms with E-state index in [2.05, 4.69) is 10.3 Å². The average Bonchev–Trinajstić information content (AvgIpc) is 3.44. The molecule has 2 fully saturated rings. The molecule has 2 aliphatic rings. The summed E-state index contributed by atoms with van der Waals surface area (Å²) >= 11 is 0. The first kappa shape index (κ1) is 17.1. The molecule has 1 aromatic carbocycles. The lowest BCUT2D eigenvalue weighted by Crippen LogP contribution is -2.43. The highest BCUT2D eigenvalue weighted by Crippen LogP contribution is 2.18. The standard InChI is InChI=1S/C18H22N4O4/c23-18(16-7-4-8-24-16)21(13-17-25-9-10-26-17)11-14-12-22(20-19-14)15-5-2-1-3-6-15/h1-3,5-6,12,16-17H,4,7-11,13H2/t16-/m0/s1. The Hall–Kier alpha value is -2.29. The predicted octanol–water partition coefficient (Wildman–Crippen LogP) is 1.15. The number of aromatic nitrogens is 3. The second-order valence-corrected chi connectivity index (χ2v) is 6.38. The van der Waals surface area contributed by atoms with E-state index in [0.29, 0.717) is 38.6 Å². The quantitative estimate of drug-likeness (QED) is 0.771. The zero-order valence-electron chi connectivity index (χ0n) is 14.5. The summed E-state index contributed by atoms with van der Waals surface area (Å²) in [5.74, 6) is -0.0455. The molecule has 2 aromatic rings. The predicted molar refractivity (Wildman–Crippen MR) is 91.4 cm³/mol. The number of benzene rings is 1. The summed E-state index contributed by atoms with van der Waals surface area (Å²) < 4.78 is 18.3. The van der Waals surface area contributed by atoms with E-state index in [9.17, 15) is 4.79 Å². The van der Waals surface area contributed by atoms with Crippen LogP contribution in [0.3, 0.4) is 0 Å². The van der Waals surface area contributed by atoms with E-state index in [4.69, 9.17) is 14.2 Å². The molecule has 0 spiro atoms. The van der Waals surface area contributed by atoms with Crippen LogP contribution in [0.25, 0.3) is 5.69 Å². The molecule has 1 atom stereocenters. The van der Waals surface area contributed by atoms with Crippen molar-refractivity contribution in [2.45, 2.75) is 31.8 Å². The van der Waals surface area contributed by atoms with Gasteiger partial charge in [0.2, 0.25) is 0 Å². The van der Waals surface area contributed by atoms with Gasteiger partial charge in [-0.3, -0.25) is 4.79 Å². The number of rotatable bonds is 6. The normalized spacial score (nSPS) is 20.5. The van der Waals surface area contributed by atoms with E-state index < -0.39 is 6.29 Å². The third-order valence-corrected chi connectivity index (χ3v) is 4.49. The molecule has 0 unspecified atom stereocenters. The third kappa shape index (κ3) is 3.92. The Morgan fingerprint density at radius 3 is 2.69 bits per heavy atom. The monoisotopic (exact) mass is 358 g/mol. The Morgan fingerprint density at radius 1 is 1.15 bits per heavy atom. The molecule has 1 amide bonds. The van der Waals surface area contributed by atoms with Gasteiger partial charge in [0.05, 0.1) is 38.2 Å². The summed E-state index contributed by atoms with van der Waals surface area (Å²) in [4.78, 5) is 14.5. The van der Waals surface area contributed by atoms with Crippen molar-refractivity contribution in [1.82, 2.24) is 19.9 Å². The first-order valence-corrected chi connectivity index (χ1v) is 8.90. The SMILES string of the molecule is O=C([C@@H]1CCCO1)N(Cc1cn(-c2ccccc2)nn1)CC1OCCO1. The smallest absolute Gasteiger partial charge is 0.252 e. The largest absolute Gasteiger partial charge is 0.368 e. The molecule has 8 nitrogen and oxygen atoms in total. The van der Waals surface area contributed by atoms with Crippen molar-refractivity contribution in [3.63, 3.8) is 0 Å². The van der Waals surface area contributed by atoms with Crippen LogP contribution in [-0.2, 0) is 25.5 Å². The van der Waals surface area contributed by atoms with Gasteiger partial charge in [0.1, 0.15) is 11.8 Å². The van der Waals surface area contributed by atoms with Gasteiger partial charge in [-0.25, -0.2) is 4.68 Å². The van der Waals surface area contributed by atoms with E-state index in [1.165, 1.54) is 0 Å². The highest BCUT2D eigenvalue weighted by atomic mass is 16.7. The number of hydrogen-bond acceptors (Lipinski definition) is 6. The van der Waals surface area contributed by atoms with Crippen LogP contribution in [0.2, 0.25) is 0 Å². The van der Waals surface area contributed by atoms with E-state index in [1.54, 1.807) is 9.58 Å². The van der Waals surface area contributed by atoms with Crippen molar-refractivity contribution in [1.29, 1.82) is 0 Å². The van der Waals surface area contributed by atoms with Gasteiger partial charge in [-0.15, -0.1) is 5.10 Å². The molecule has 0 bridgehead atoms. The number of carbonyl (C=O) groups is 1. The number of carbonyl (C=O) groups excluding carboxylic acids is 1. The molecule has 138 valence electrons. The molecule has 0 N–H and O–H groups in total. The molecule has 2 aliphatic heterocycles. The fourth-order valence-corrected chi connectivity index (χ4v) is 3.17. The maximum atomic E-state index is 12.8. The molecule has 3 heterocycles. The van der Waals surface area contributed by atoms with Crippen LogP contribution in [0.15, 0.2) is 36.5 Å². The number of nitrogens with zero attached hydrogens (tertiary/aromatic N) is 4. The molecule has 8 heteroatoms. The van der Waals surface area contributed by atoms with Crippen LogP contribution in [-0.4, -0.2) is 64.6 Å². The lowest BCUT2D eigenvalue weighted by Gasteiger charge is -2.26. The Kier molecular flexibility index (Phi) is 5.24. The van der Waals surface area contributed by atoms with Crippen LogP contribution in [0.4, 0.5) is 0 Å². The first-order chi connectivity index (χ1) is 12.8. The Labute approximate surface area is 151 Å². The van der Waals surface area contributed by atoms with Gasteiger partial charge in [0.25, 0.3) is 5.91 Å². The van der Waals surface area contributed by atoms with Gasteiger partial charge in [-0.05, 0) is 25.0 Å². The zero-order valence-corrected chi connectivity index (χ0v) is 14.5. The molecule has 0 radical (unpaired) electrons. The fourth-order valence-electron chi connectivity index (χ4n) is 3.17. The van der Waals surface area contributed by atoms with E-state index in [-0.39, 0.29) is 12.0 Å². The molecule has 1 aromatic heterocycles. The summed E-state index contributed by atoms with van der Waals surface area (Å²) in [6, 6.07) is 9.74. The van der Waals surface area contributed by atoms with Gasteiger partial charge >= 0.3 is 0 Å². The van der Waals surface area contributed by atoms with Gasteiger partial charge in [0.15, 0.2) is 6.29 Å². The van der Waals surface area contributed by atoms with Gasteiger partial charge < -0.3 is 19.1 Å². The molecular weight excluding hydrogens is 336 g/mol. The minimum absolute atomic E-state index is 0.0455. The van der Waals surface area contributed by atoms with E-state index in [1.807, 2.05) is 36.5 Å². The Bertz CT molecular complexity index is 724. The summed E-state index contributed by atoms with van der Waals surface area (Å²) in [7, 11) is 0. The maximum absolute atomic E-state index is 12.8. The lowest BCUT2D eigenvalue weighted by molar-refractivity contribution is -0.147. The molecule has 0 saturated carbocycles. The lowest BCUT2D eigenvalue weighted by atomic mass is 10.2. The molecule has 4 rings (SSSR count). The van der Waals surface area contributed by atoms with Gasteiger partial charge in [-0.1, -0.05) is 23.4 Å². The number of para-hydroxylation sites is 1. The number of amides is 1. The molecule has 26 heavy (non-hydrogen) atoms. The summed E-state index contributed by atoms with van der Waals surface area (Å²) in [6.07, 6.45) is 2.70. The van der Waals surface area contributed by atoms with Gasteiger partial charge in [-0.2, -0.15) is 0 Å². The maximum Gasteiger partial charge on any atom is 0.252 e. The second kappa shape index (κ2) is 7.94. The van der Waals surface area contributed by atoms with Crippen LogP contribution >= 0.6 is 0 Å². The Balaban J connectivity index is 1.48. The van der Waals surface area contributed by atoms with Gasteiger partial charge in [0, 0.05) is 6.61 Å². The highest BCUT2D eigenvalue weighted by molar-refractivity contribution is 5.81. The molecule has 2 saturated heterocycles. The van der Waals surface area contributed by atoms with Crippen molar-refractivity contribution in [3.05, 3.63) is 42.2 Å². The van der Waals surface area contributed by atoms with Crippen molar-refractivity contribution in [2.24, 2.45) is 0 Å². The van der Waals surface area contributed by atoms with Crippen molar-refractivity contribution < 1.29 is 19.0 Å². The third-order valence-electron chi connectivity index (χ3n) is 4.49. The minimum atomic E-state index is -0.399. The topological polar surface area (TPSA) is 78.7 Å². The summed E-state index contributed by atoms with van der Waals surface area (Å²) in [5, 5.41) is 8.38. The van der Waals surface area contributed by atoms with E-state index >= 15 is 0 Å². The second-order valence-electron chi connectivity index (χ2n) is 6.38. The van der Waals surface area contributed by atoms with E-state index in [0.717, 1.165) is 18.5 Å². The number of ether oxygens (including phenoxy) is 3. The molecular formula is C18H22N4O4. The van der Waals surface area contributed by atoms with Crippen LogP contribution < -0.4 is 0 Å². The Morgan fingerprint density at radius 2 is 1.96 bits per heavy atom. The van der Waals surface area contributed by atoms with Crippen molar-refractivity contribution >= 4 is 5.91 Å². The average molecular weight is 358 g/mol. The van der Waals surface area contributed by atoms with Crippen LogP contribution in [0.1, 0.15) is 18.5 Å². The zero-order chi connectivity index (χ0) is 17.8. The van der Waals surface area contributed by atoms with Crippen LogP contribution in [0.5, 0.6) is 0 Å². The highest BCUT2D eigenvalue weighted by Gasteiger charge is 2.31. The minimum Gasteiger partial charge on any atom is -0.368 e. The van der Waals surface area contributed by atoms with Crippen molar-refractivity contribution in [3.8, 4) is 5.69 Å². The van der Waals surface area contributed by atoms with Crippen molar-refractivity contribution in [2.75, 3.05) is 26.4 Å². The van der Waals surface area contributed by atoms with Crippen LogP contribution in [0, 0.1) is 0 Å². The summed E-state index contributed by atoms with van der Waals surface area (Å²) in [5.41, 5.74) is 1.63. The first-order valence-electron chi connectivity index (χ1n) is 8.90.